The lowest BCUT2D eigenvalue weighted by Crippen LogP contribution is -2.49. The Labute approximate surface area is 103 Å². The van der Waals surface area contributed by atoms with Gasteiger partial charge in [0.25, 0.3) is 11.5 Å². The maximum absolute atomic E-state index is 11.8. The zero-order chi connectivity index (χ0) is 13.9. The number of H-pyrrole nitrogens is 1. The second-order valence-corrected chi connectivity index (χ2v) is 4.91. The van der Waals surface area contributed by atoms with Crippen LogP contribution < -0.4 is 10.9 Å². The van der Waals surface area contributed by atoms with Crippen molar-refractivity contribution < 1.29 is 14.7 Å². The minimum Gasteiger partial charge on any atom is -0.480 e. The number of hydrogen-bond donors (Lipinski definition) is 3. The molecule has 7 heteroatoms. The molecular weight excluding hydrogens is 238 g/mol. The number of amides is 1. The van der Waals surface area contributed by atoms with Crippen LogP contribution in [0.15, 0.2) is 17.2 Å². The zero-order valence-corrected chi connectivity index (χ0v) is 10.4. The van der Waals surface area contributed by atoms with E-state index in [1.807, 2.05) is 0 Å². The quantitative estimate of drug-likeness (QED) is 0.701. The van der Waals surface area contributed by atoms with Crippen LogP contribution in [0, 0.1) is 5.41 Å². The Morgan fingerprint density at radius 3 is 2.44 bits per heavy atom. The summed E-state index contributed by atoms with van der Waals surface area (Å²) in [4.78, 5) is 39.5. The Morgan fingerprint density at radius 2 is 2.06 bits per heavy atom. The van der Waals surface area contributed by atoms with Crippen molar-refractivity contribution in [2.45, 2.75) is 26.8 Å². The Balaban J connectivity index is 2.89. The second-order valence-electron chi connectivity index (χ2n) is 4.91. The Morgan fingerprint density at radius 1 is 1.44 bits per heavy atom. The van der Waals surface area contributed by atoms with Gasteiger partial charge in [-0.1, -0.05) is 20.8 Å². The van der Waals surface area contributed by atoms with E-state index in [0.29, 0.717) is 0 Å². The fourth-order valence-corrected chi connectivity index (χ4v) is 1.32. The predicted molar refractivity (Wildman–Crippen MR) is 63.2 cm³/mol. The molecule has 1 amide bonds. The third-order valence-electron chi connectivity index (χ3n) is 2.29. The third-order valence-corrected chi connectivity index (χ3v) is 2.29. The first kappa shape index (κ1) is 13.9. The lowest BCUT2D eigenvalue weighted by molar-refractivity contribution is -0.142. The van der Waals surface area contributed by atoms with E-state index in [0.717, 1.165) is 12.4 Å². The van der Waals surface area contributed by atoms with E-state index in [1.54, 1.807) is 20.8 Å². The van der Waals surface area contributed by atoms with Crippen LogP contribution in [0.4, 0.5) is 0 Å². The van der Waals surface area contributed by atoms with Gasteiger partial charge in [-0.2, -0.15) is 0 Å². The van der Waals surface area contributed by atoms with E-state index in [-0.39, 0.29) is 5.69 Å². The number of aliphatic carboxylic acids is 1. The van der Waals surface area contributed by atoms with Crippen LogP contribution in [-0.4, -0.2) is 33.0 Å². The highest BCUT2D eigenvalue weighted by molar-refractivity contribution is 5.94. The molecule has 1 heterocycles. The van der Waals surface area contributed by atoms with Crippen LogP contribution in [0.1, 0.15) is 31.3 Å². The molecule has 0 saturated heterocycles. The summed E-state index contributed by atoms with van der Waals surface area (Å²) < 4.78 is 0. The van der Waals surface area contributed by atoms with E-state index < -0.39 is 28.9 Å². The molecule has 3 N–H and O–H groups in total. The Hall–Kier alpha value is -2.18. The van der Waals surface area contributed by atoms with Crippen LogP contribution in [-0.2, 0) is 4.79 Å². The van der Waals surface area contributed by atoms with E-state index in [9.17, 15) is 14.4 Å². The van der Waals surface area contributed by atoms with Crippen molar-refractivity contribution >= 4 is 11.9 Å². The number of aromatic amines is 1. The first-order valence-corrected chi connectivity index (χ1v) is 5.30. The highest BCUT2D eigenvalue weighted by Gasteiger charge is 2.33. The molecule has 1 atom stereocenters. The number of carbonyl (C=O) groups excluding carboxylic acids is 1. The summed E-state index contributed by atoms with van der Waals surface area (Å²) in [6.07, 6.45) is 2.10. The maximum atomic E-state index is 11.8. The minimum atomic E-state index is -1.12. The van der Waals surface area contributed by atoms with Gasteiger partial charge < -0.3 is 15.4 Å². The molecule has 1 rings (SSSR count). The Kier molecular flexibility index (Phi) is 3.85. The number of hydrogen-bond acceptors (Lipinski definition) is 4. The first-order chi connectivity index (χ1) is 8.21. The molecule has 0 aliphatic rings. The first-order valence-electron chi connectivity index (χ1n) is 5.30. The molecule has 0 aromatic carbocycles. The van der Waals surface area contributed by atoms with Crippen LogP contribution in [0.25, 0.3) is 0 Å². The average Bonchev–Trinajstić information content (AvgIpc) is 2.24. The monoisotopic (exact) mass is 253 g/mol. The van der Waals surface area contributed by atoms with E-state index >= 15 is 0 Å². The molecule has 0 fully saturated rings. The molecule has 0 saturated carbocycles. The zero-order valence-electron chi connectivity index (χ0n) is 10.4. The van der Waals surface area contributed by atoms with Gasteiger partial charge >= 0.3 is 5.97 Å². The summed E-state index contributed by atoms with van der Waals surface area (Å²) in [6, 6.07) is -1.04. The summed E-state index contributed by atoms with van der Waals surface area (Å²) in [7, 11) is 0. The average molecular weight is 253 g/mol. The van der Waals surface area contributed by atoms with Crippen molar-refractivity contribution in [3.05, 3.63) is 28.4 Å². The van der Waals surface area contributed by atoms with Crippen LogP contribution in [0.3, 0.4) is 0 Å². The SMILES string of the molecule is CC(C)(C)[C@H](NC(=O)c1c[nH]c(=O)cn1)C(=O)O. The number of nitrogens with one attached hydrogen (secondary N) is 2. The summed E-state index contributed by atoms with van der Waals surface area (Å²) in [5, 5.41) is 11.4. The van der Waals surface area contributed by atoms with Gasteiger partial charge in [0.2, 0.25) is 0 Å². The van der Waals surface area contributed by atoms with Crippen molar-refractivity contribution in [3.8, 4) is 0 Å². The molecule has 98 valence electrons. The number of carbonyl (C=O) groups is 2. The summed E-state index contributed by atoms with van der Waals surface area (Å²) in [6.45, 7) is 5.10. The molecule has 0 bridgehead atoms. The van der Waals surface area contributed by atoms with Crippen molar-refractivity contribution in [2.75, 3.05) is 0 Å². The third kappa shape index (κ3) is 3.41. The second kappa shape index (κ2) is 4.99. The molecule has 1 aromatic heterocycles. The predicted octanol–water partition coefficient (Wildman–Crippen LogP) is -0.00100. The van der Waals surface area contributed by atoms with Gasteiger partial charge in [-0.05, 0) is 5.41 Å². The van der Waals surface area contributed by atoms with Crippen molar-refractivity contribution in [1.29, 1.82) is 0 Å². The van der Waals surface area contributed by atoms with Gasteiger partial charge in [-0.15, -0.1) is 0 Å². The normalized spacial score (nSPS) is 12.8. The maximum Gasteiger partial charge on any atom is 0.326 e. The molecule has 18 heavy (non-hydrogen) atoms. The van der Waals surface area contributed by atoms with E-state index in [4.69, 9.17) is 5.11 Å². The lowest BCUT2D eigenvalue weighted by Gasteiger charge is -2.27. The van der Waals surface area contributed by atoms with Gasteiger partial charge in [0.1, 0.15) is 11.7 Å². The standard InChI is InChI=1S/C11H15N3O4/c1-11(2,3)8(10(17)18)14-9(16)6-4-13-7(15)5-12-6/h4-5,8H,1-3H3,(H,13,15)(H,14,16)(H,17,18)/t8-/m1/s1. The van der Waals surface area contributed by atoms with Gasteiger partial charge in [-0.25, -0.2) is 9.78 Å². The summed E-state index contributed by atoms with van der Waals surface area (Å²) >= 11 is 0. The Bertz CT molecular complexity index is 495. The molecule has 0 aliphatic carbocycles. The number of rotatable bonds is 3. The summed E-state index contributed by atoms with van der Waals surface area (Å²) in [5.74, 6) is -1.77. The molecule has 0 radical (unpaired) electrons. The van der Waals surface area contributed by atoms with Gasteiger partial charge in [-0.3, -0.25) is 9.59 Å². The van der Waals surface area contributed by atoms with Gasteiger partial charge in [0.05, 0.1) is 6.20 Å². The fourth-order valence-electron chi connectivity index (χ4n) is 1.32. The fraction of sp³-hybridized carbons (Fsp3) is 0.455. The molecular formula is C11H15N3O4. The number of carboxylic acids is 1. The lowest BCUT2D eigenvalue weighted by atomic mass is 9.86. The minimum absolute atomic E-state index is 0.0369. The van der Waals surface area contributed by atoms with Gasteiger partial charge in [0, 0.05) is 6.20 Å². The molecule has 0 spiro atoms. The van der Waals surface area contributed by atoms with Crippen molar-refractivity contribution in [3.63, 3.8) is 0 Å². The van der Waals surface area contributed by atoms with Crippen LogP contribution >= 0.6 is 0 Å². The van der Waals surface area contributed by atoms with Crippen molar-refractivity contribution in [1.82, 2.24) is 15.3 Å². The molecule has 0 unspecified atom stereocenters. The van der Waals surface area contributed by atoms with Crippen LogP contribution in [0.5, 0.6) is 0 Å². The molecule has 0 aliphatic heterocycles. The number of nitrogens with zero attached hydrogens (tertiary/aromatic N) is 1. The topological polar surface area (TPSA) is 112 Å². The van der Waals surface area contributed by atoms with Crippen molar-refractivity contribution in [2.24, 2.45) is 5.41 Å². The van der Waals surface area contributed by atoms with Crippen LogP contribution in [0.2, 0.25) is 0 Å². The molecule has 7 nitrogen and oxygen atoms in total. The summed E-state index contributed by atoms with van der Waals surface area (Å²) in [5.41, 5.74) is -1.11. The molecule has 1 aromatic rings. The number of aromatic nitrogens is 2. The van der Waals surface area contributed by atoms with Gasteiger partial charge in [0.15, 0.2) is 0 Å². The highest BCUT2D eigenvalue weighted by Crippen LogP contribution is 2.19. The highest BCUT2D eigenvalue weighted by atomic mass is 16.4. The largest absolute Gasteiger partial charge is 0.480 e. The van der Waals surface area contributed by atoms with E-state index in [2.05, 4.69) is 15.3 Å². The smallest absolute Gasteiger partial charge is 0.326 e. The van der Waals surface area contributed by atoms with E-state index in [1.165, 1.54) is 0 Å². The number of carboxylic acid groups (broad SMARTS) is 1.